The molecular weight excluding hydrogens is 497 g/mol. The zero-order chi connectivity index (χ0) is 19.9. The number of aliphatic imine (C=N–C) groups is 1. The van der Waals surface area contributed by atoms with Crippen LogP contribution < -0.4 is 15.5 Å². The lowest BCUT2D eigenvalue weighted by Crippen LogP contribution is -2.39. The van der Waals surface area contributed by atoms with E-state index in [0.29, 0.717) is 19.0 Å². The van der Waals surface area contributed by atoms with Crippen molar-refractivity contribution in [1.29, 1.82) is 0 Å². The molecule has 156 valence electrons. The number of rotatable bonds is 7. The molecule has 0 saturated carbocycles. The minimum absolute atomic E-state index is 0. The molecule has 0 aliphatic heterocycles. The van der Waals surface area contributed by atoms with Gasteiger partial charge in [0.05, 0.1) is 12.2 Å². The highest BCUT2D eigenvalue weighted by Crippen LogP contribution is 2.29. The van der Waals surface area contributed by atoms with Crippen LogP contribution in [0.4, 0.5) is 5.82 Å². The van der Waals surface area contributed by atoms with Gasteiger partial charge in [-0.25, -0.2) is 9.98 Å². The van der Waals surface area contributed by atoms with Gasteiger partial charge in [-0.1, -0.05) is 24.3 Å². The third-order valence-electron chi connectivity index (χ3n) is 4.23. The molecule has 0 saturated heterocycles. The Labute approximate surface area is 193 Å². The number of hydrogen-bond acceptors (Lipinski definition) is 5. The average molecular weight is 525 g/mol. The number of aliphatic hydroxyl groups excluding tert-OH is 1. The summed E-state index contributed by atoms with van der Waals surface area (Å²) in [4.78, 5) is 12.1. The molecule has 1 unspecified atom stereocenters. The largest absolute Gasteiger partial charge is 0.386 e. The zero-order valence-electron chi connectivity index (χ0n) is 16.9. The van der Waals surface area contributed by atoms with Crippen LogP contribution in [-0.2, 0) is 6.54 Å². The summed E-state index contributed by atoms with van der Waals surface area (Å²) in [7, 11) is 3.94. The van der Waals surface area contributed by atoms with Crippen molar-refractivity contribution in [3.8, 4) is 0 Å². The van der Waals surface area contributed by atoms with E-state index in [1.54, 1.807) is 11.3 Å². The minimum atomic E-state index is -0.587. The summed E-state index contributed by atoms with van der Waals surface area (Å²) < 4.78 is 1.18. The van der Waals surface area contributed by atoms with Crippen LogP contribution in [0.15, 0.2) is 53.5 Å². The summed E-state index contributed by atoms with van der Waals surface area (Å²) in [6.45, 7) is 3.63. The number of pyridine rings is 1. The summed E-state index contributed by atoms with van der Waals surface area (Å²) in [5, 5.41) is 18.2. The first-order valence-corrected chi connectivity index (χ1v) is 10.2. The fraction of sp³-hybridized carbons (Fsp3) is 0.333. The predicted octanol–water partition coefficient (Wildman–Crippen LogP) is 3.77. The average Bonchev–Trinajstić information content (AvgIpc) is 3.14. The van der Waals surface area contributed by atoms with Crippen LogP contribution in [0.5, 0.6) is 0 Å². The van der Waals surface area contributed by atoms with Gasteiger partial charge < -0.3 is 20.6 Å². The van der Waals surface area contributed by atoms with Crippen LogP contribution >= 0.6 is 35.3 Å². The van der Waals surface area contributed by atoms with Gasteiger partial charge in [0, 0.05) is 36.8 Å². The molecule has 6 nitrogen and oxygen atoms in total. The Hall–Kier alpha value is -1.91. The van der Waals surface area contributed by atoms with Gasteiger partial charge in [-0.3, -0.25) is 0 Å². The van der Waals surface area contributed by atoms with Gasteiger partial charge in [0.15, 0.2) is 5.96 Å². The van der Waals surface area contributed by atoms with Crippen molar-refractivity contribution in [2.75, 3.05) is 32.1 Å². The molecular formula is C21H28IN5OS. The SMILES string of the molecule is CCNC(=NCc1cccc(N(C)C)n1)NCC(O)c1cc2ccccc2s1.I. The highest BCUT2D eigenvalue weighted by molar-refractivity contribution is 14.0. The third kappa shape index (κ3) is 6.55. The molecule has 0 amide bonds. The van der Waals surface area contributed by atoms with Crippen LogP contribution in [-0.4, -0.2) is 43.2 Å². The number of aromatic nitrogens is 1. The summed E-state index contributed by atoms with van der Waals surface area (Å²) in [5.74, 6) is 1.57. The Kier molecular flexibility index (Phi) is 9.12. The van der Waals surface area contributed by atoms with E-state index in [2.05, 4.69) is 32.7 Å². The number of nitrogens with one attached hydrogen (secondary N) is 2. The molecule has 0 aliphatic carbocycles. The van der Waals surface area contributed by atoms with E-state index >= 15 is 0 Å². The van der Waals surface area contributed by atoms with Crippen molar-refractivity contribution in [1.82, 2.24) is 15.6 Å². The number of benzene rings is 1. The van der Waals surface area contributed by atoms with E-state index in [0.717, 1.165) is 28.3 Å². The Morgan fingerprint density at radius 3 is 2.69 bits per heavy atom. The molecule has 3 N–H and O–H groups in total. The number of nitrogens with zero attached hydrogens (tertiary/aromatic N) is 3. The van der Waals surface area contributed by atoms with Gasteiger partial charge in [-0.15, -0.1) is 35.3 Å². The zero-order valence-corrected chi connectivity index (χ0v) is 20.1. The number of anilines is 1. The molecule has 2 heterocycles. The summed E-state index contributed by atoms with van der Waals surface area (Å²) in [6.07, 6.45) is -0.587. The molecule has 0 radical (unpaired) electrons. The van der Waals surface area contributed by atoms with Gasteiger partial charge in [-0.05, 0) is 36.6 Å². The van der Waals surface area contributed by atoms with Crippen molar-refractivity contribution in [2.24, 2.45) is 4.99 Å². The molecule has 0 aliphatic rings. The minimum Gasteiger partial charge on any atom is -0.386 e. The molecule has 2 aromatic heterocycles. The fourth-order valence-corrected chi connectivity index (χ4v) is 3.82. The lowest BCUT2D eigenvalue weighted by Gasteiger charge is -2.15. The molecule has 0 spiro atoms. The number of thiophene rings is 1. The number of guanidine groups is 1. The molecule has 3 rings (SSSR count). The van der Waals surface area contributed by atoms with Gasteiger partial charge in [0.1, 0.15) is 11.9 Å². The maximum atomic E-state index is 10.6. The van der Waals surface area contributed by atoms with Gasteiger partial charge in [0.2, 0.25) is 0 Å². The highest BCUT2D eigenvalue weighted by Gasteiger charge is 2.12. The fourth-order valence-electron chi connectivity index (χ4n) is 2.77. The van der Waals surface area contributed by atoms with Crippen molar-refractivity contribution in [3.05, 3.63) is 59.1 Å². The van der Waals surface area contributed by atoms with Crippen molar-refractivity contribution < 1.29 is 5.11 Å². The van der Waals surface area contributed by atoms with Crippen LogP contribution in [0.25, 0.3) is 10.1 Å². The Morgan fingerprint density at radius 1 is 1.17 bits per heavy atom. The molecule has 1 aromatic carbocycles. The first kappa shape index (κ1) is 23.4. The summed E-state index contributed by atoms with van der Waals surface area (Å²) in [5.41, 5.74) is 0.897. The van der Waals surface area contributed by atoms with Gasteiger partial charge >= 0.3 is 0 Å². The van der Waals surface area contributed by atoms with Gasteiger partial charge in [-0.2, -0.15) is 0 Å². The summed E-state index contributed by atoms with van der Waals surface area (Å²) >= 11 is 1.62. The Bertz CT molecular complexity index is 910. The van der Waals surface area contributed by atoms with E-state index in [4.69, 9.17) is 0 Å². The normalized spacial score (nSPS) is 12.3. The second-order valence-electron chi connectivity index (χ2n) is 6.66. The number of aliphatic hydroxyl groups is 1. The molecule has 3 aromatic rings. The first-order chi connectivity index (χ1) is 13.6. The van der Waals surface area contributed by atoms with E-state index in [1.165, 1.54) is 4.70 Å². The van der Waals surface area contributed by atoms with Crippen LogP contribution in [0.3, 0.4) is 0 Å². The number of halogens is 1. The molecule has 8 heteroatoms. The summed E-state index contributed by atoms with van der Waals surface area (Å²) in [6, 6.07) is 16.1. The Balaban J connectivity index is 0.00000300. The number of fused-ring (bicyclic) bond motifs is 1. The van der Waals surface area contributed by atoms with Gasteiger partial charge in [0.25, 0.3) is 0 Å². The predicted molar refractivity (Wildman–Crippen MR) is 134 cm³/mol. The standard InChI is InChI=1S/C21H27N5OS.HI/c1-4-22-21(23-13-16-9-7-11-20(25-16)26(2)3)24-14-17(27)19-12-15-8-5-6-10-18(15)28-19;/h5-12,17,27H,4,13-14H2,1-3H3,(H2,22,23,24);1H. The highest BCUT2D eigenvalue weighted by atomic mass is 127. The van der Waals surface area contributed by atoms with E-state index in [1.807, 2.05) is 62.3 Å². The second kappa shape index (κ2) is 11.3. The Morgan fingerprint density at radius 2 is 1.97 bits per heavy atom. The van der Waals surface area contributed by atoms with Crippen molar-refractivity contribution >= 4 is 57.2 Å². The quantitative estimate of drug-likeness (QED) is 0.249. The number of hydrogen-bond donors (Lipinski definition) is 3. The molecule has 1 atom stereocenters. The lowest BCUT2D eigenvalue weighted by atomic mass is 10.2. The smallest absolute Gasteiger partial charge is 0.191 e. The van der Waals surface area contributed by atoms with E-state index in [-0.39, 0.29) is 24.0 Å². The second-order valence-corrected chi connectivity index (χ2v) is 7.78. The first-order valence-electron chi connectivity index (χ1n) is 9.38. The van der Waals surface area contributed by atoms with Crippen molar-refractivity contribution in [2.45, 2.75) is 19.6 Å². The molecule has 0 bridgehead atoms. The maximum Gasteiger partial charge on any atom is 0.191 e. The molecule has 0 fully saturated rings. The van der Waals surface area contributed by atoms with Crippen LogP contribution in [0.1, 0.15) is 23.6 Å². The van der Waals surface area contributed by atoms with Crippen LogP contribution in [0.2, 0.25) is 0 Å². The lowest BCUT2D eigenvalue weighted by molar-refractivity contribution is 0.184. The van der Waals surface area contributed by atoms with E-state index in [9.17, 15) is 5.11 Å². The topological polar surface area (TPSA) is 72.8 Å². The third-order valence-corrected chi connectivity index (χ3v) is 5.45. The monoisotopic (exact) mass is 525 g/mol. The van der Waals surface area contributed by atoms with Crippen molar-refractivity contribution in [3.63, 3.8) is 0 Å². The van der Waals surface area contributed by atoms with Crippen LogP contribution in [0, 0.1) is 0 Å². The van der Waals surface area contributed by atoms with E-state index < -0.39 is 6.10 Å². The molecule has 29 heavy (non-hydrogen) atoms. The maximum absolute atomic E-state index is 10.6.